The summed E-state index contributed by atoms with van der Waals surface area (Å²) in [6.45, 7) is 6.22. The highest BCUT2D eigenvalue weighted by atomic mass is 16.5. The Labute approximate surface area is 86.0 Å². The van der Waals surface area contributed by atoms with E-state index in [0.717, 1.165) is 32.4 Å². The molecule has 1 saturated carbocycles. The maximum atomic E-state index is 9.52. The topological polar surface area (TPSA) is 32.7 Å². The Morgan fingerprint density at radius 2 is 2.07 bits per heavy atom. The van der Waals surface area contributed by atoms with Crippen molar-refractivity contribution in [1.29, 1.82) is 0 Å². The van der Waals surface area contributed by atoms with Gasteiger partial charge in [0.05, 0.1) is 18.8 Å². The third-order valence-electron chi connectivity index (χ3n) is 3.50. The molecule has 3 nitrogen and oxygen atoms in total. The maximum Gasteiger partial charge on any atom is 0.0674 e. The number of nitrogens with zero attached hydrogens (tertiary/aromatic N) is 1. The Morgan fingerprint density at radius 3 is 2.71 bits per heavy atom. The Kier molecular flexibility index (Phi) is 3.10. The molecule has 4 atom stereocenters. The SMILES string of the molecule is CC1CN(C2CCC(O)C2)C(C)CO1. The van der Waals surface area contributed by atoms with Gasteiger partial charge in [-0.05, 0) is 33.1 Å². The van der Waals surface area contributed by atoms with Gasteiger partial charge in [-0.3, -0.25) is 4.90 Å². The molecule has 2 aliphatic rings. The summed E-state index contributed by atoms with van der Waals surface area (Å²) in [5.41, 5.74) is 0. The average molecular weight is 199 g/mol. The van der Waals surface area contributed by atoms with Crippen molar-refractivity contribution in [3.8, 4) is 0 Å². The van der Waals surface area contributed by atoms with Crippen molar-refractivity contribution in [3.05, 3.63) is 0 Å². The normalized spacial score (nSPS) is 45.6. The van der Waals surface area contributed by atoms with Crippen molar-refractivity contribution in [3.63, 3.8) is 0 Å². The Morgan fingerprint density at radius 1 is 1.29 bits per heavy atom. The highest BCUT2D eigenvalue weighted by molar-refractivity contribution is 4.87. The van der Waals surface area contributed by atoms with Crippen molar-refractivity contribution < 1.29 is 9.84 Å². The van der Waals surface area contributed by atoms with Crippen molar-refractivity contribution in [2.24, 2.45) is 0 Å². The summed E-state index contributed by atoms with van der Waals surface area (Å²) in [6.07, 6.45) is 3.37. The van der Waals surface area contributed by atoms with E-state index in [1.165, 1.54) is 0 Å². The highest BCUT2D eigenvalue weighted by Crippen LogP contribution is 2.27. The minimum absolute atomic E-state index is 0.0645. The minimum atomic E-state index is -0.0645. The van der Waals surface area contributed by atoms with Crippen LogP contribution in [0.15, 0.2) is 0 Å². The van der Waals surface area contributed by atoms with Crippen LogP contribution >= 0.6 is 0 Å². The average Bonchev–Trinajstić information content (AvgIpc) is 2.56. The van der Waals surface area contributed by atoms with E-state index in [4.69, 9.17) is 4.74 Å². The molecule has 0 amide bonds. The van der Waals surface area contributed by atoms with E-state index in [-0.39, 0.29) is 6.10 Å². The predicted molar refractivity (Wildman–Crippen MR) is 55.2 cm³/mol. The molecule has 1 heterocycles. The first-order valence-electron chi connectivity index (χ1n) is 5.72. The van der Waals surface area contributed by atoms with Crippen LogP contribution < -0.4 is 0 Å². The number of morpholine rings is 1. The fourth-order valence-electron chi connectivity index (χ4n) is 2.67. The lowest BCUT2D eigenvalue weighted by molar-refractivity contribution is -0.0662. The standard InChI is InChI=1S/C11H21NO2/c1-8-7-14-9(2)6-12(8)10-3-4-11(13)5-10/h8-11,13H,3-7H2,1-2H3. The maximum absolute atomic E-state index is 9.52. The van der Waals surface area contributed by atoms with Crippen LogP contribution in [0.5, 0.6) is 0 Å². The van der Waals surface area contributed by atoms with Gasteiger partial charge in [0.1, 0.15) is 0 Å². The number of aliphatic hydroxyl groups is 1. The molecule has 82 valence electrons. The number of aliphatic hydroxyl groups excluding tert-OH is 1. The van der Waals surface area contributed by atoms with Crippen LogP contribution in [0.25, 0.3) is 0 Å². The zero-order valence-electron chi connectivity index (χ0n) is 9.15. The van der Waals surface area contributed by atoms with Crippen LogP contribution in [0.4, 0.5) is 0 Å². The van der Waals surface area contributed by atoms with E-state index >= 15 is 0 Å². The highest BCUT2D eigenvalue weighted by Gasteiger charge is 2.33. The molecule has 0 radical (unpaired) electrons. The largest absolute Gasteiger partial charge is 0.393 e. The summed E-state index contributed by atoms with van der Waals surface area (Å²) in [6, 6.07) is 1.10. The van der Waals surface area contributed by atoms with E-state index in [9.17, 15) is 5.11 Å². The van der Waals surface area contributed by atoms with E-state index < -0.39 is 0 Å². The molecule has 0 aromatic carbocycles. The quantitative estimate of drug-likeness (QED) is 0.684. The summed E-state index contributed by atoms with van der Waals surface area (Å²) in [5.74, 6) is 0. The van der Waals surface area contributed by atoms with Crippen LogP contribution in [0.1, 0.15) is 33.1 Å². The first-order chi connectivity index (χ1) is 6.66. The van der Waals surface area contributed by atoms with E-state index in [1.54, 1.807) is 0 Å². The van der Waals surface area contributed by atoms with Gasteiger partial charge in [0.25, 0.3) is 0 Å². The molecular weight excluding hydrogens is 178 g/mol. The predicted octanol–water partition coefficient (Wildman–Crippen LogP) is 1.01. The van der Waals surface area contributed by atoms with E-state index in [2.05, 4.69) is 18.7 Å². The minimum Gasteiger partial charge on any atom is -0.393 e. The van der Waals surface area contributed by atoms with Crippen LogP contribution in [-0.2, 0) is 4.74 Å². The molecule has 0 spiro atoms. The Bertz CT molecular complexity index is 198. The van der Waals surface area contributed by atoms with Gasteiger partial charge in [0, 0.05) is 18.6 Å². The molecular formula is C11H21NO2. The molecule has 1 saturated heterocycles. The zero-order valence-corrected chi connectivity index (χ0v) is 9.15. The van der Waals surface area contributed by atoms with Crippen molar-refractivity contribution in [1.82, 2.24) is 4.90 Å². The van der Waals surface area contributed by atoms with Crippen molar-refractivity contribution in [2.45, 2.75) is 57.4 Å². The van der Waals surface area contributed by atoms with Gasteiger partial charge in [-0.25, -0.2) is 0 Å². The third kappa shape index (κ3) is 2.10. The lowest BCUT2D eigenvalue weighted by atomic mass is 10.1. The Hall–Kier alpha value is -0.120. The van der Waals surface area contributed by atoms with Gasteiger partial charge in [-0.2, -0.15) is 0 Å². The molecule has 14 heavy (non-hydrogen) atoms. The lowest BCUT2D eigenvalue weighted by Gasteiger charge is -2.40. The zero-order chi connectivity index (χ0) is 10.1. The molecule has 2 fully saturated rings. The first kappa shape index (κ1) is 10.4. The van der Waals surface area contributed by atoms with Crippen molar-refractivity contribution in [2.75, 3.05) is 13.2 Å². The number of hydrogen-bond acceptors (Lipinski definition) is 3. The summed E-state index contributed by atoms with van der Waals surface area (Å²) in [4.78, 5) is 2.52. The summed E-state index contributed by atoms with van der Waals surface area (Å²) in [7, 11) is 0. The molecule has 1 N–H and O–H groups in total. The van der Waals surface area contributed by atoms with E-state index in [0.29, 0.717) is 18.2 Å². The van der Waals surface area contributed by atoms with Gasteiger partial charge in [-0.1, -0.05) is 0 Å². The van der Waals surface area contributed by atoms with Gasteiger partial charge < -0.3 is 9.84 Å². The Balaban J connectivity index is 1.94. The lowest BCUT2D eigenvalue weighted by Crippen LogP contribution is -2.51. The van der Waals surface area contributed by atoms with Crippen LogP contribution in [-0.4, -0.2) is 47.4 Å². The summed E-state index contributed by atoms with van der Waals surface area (Å²) >= 11 is 0. The monoisotopic (exact) mass is 199 g/mol. The van der Waals surface area contributed by atoms with Gasteiger partial charge in [0.2, 0.25) is 0 Å². The fraction of sp³-hybridized carbons (Fsp3) is 1.00. The molecule has 0 bridgehead atoms. The molecule has 0 aromatic heterocycles. The second-order valence-corrected chi connectivity index (χ2v) is 4.81. The van der Waals surface area contributed by atoms with Crippen LogP contribution in [0, 0.1) is 0 Å². The smallest absolute Gasteiger partial charge is 0.0674 e. The number of ether oxygens (including phenoxy) is 1. The fourth-order valence-corrected chi connectivity index (χ4v) is 2.67. The molecule has 2 rings (SSSR count). The van der Waals surface area contributed by atoms with Crippen molar-refractivity contribution >= 4 is 0 Å². The van der Waals surface area contributed by atoms with Gasteiger partial charge in [0.15, 0.2) is 0 Å². The first-order valence-corrected chi connectivity index (χ1v) is 5.72. The number of hydrogen-bond donors (Lipinski definition) is 1. The molecule has 0 aromatic rings. The van der Waals surface area contributed by atoms with Gasteiger partial charge in [-0.15, -0.1) is 0 Å². The molecule has 4 unspecified atom stereocenters. The number of rotatable bonds is 1. The second-order valence-electron chi connectivity index (χ2n) is 4.81. The summed E-state index contributed by atoms with van der Waals surface area (Å²) < 4.78 is 5.60. The molecule has 1 aliphatic carbocycles. The van der Waals surface area contributed by atoms with E-state index in [1.807, 2.05) is 0 Å². The molecule has 3 heteroatoms. The van der Waals surface area contributed by atoms with Crippen LogP contribution in [0.2, 0.25) is 0 Å². The molecule has 1 aliphatic heterocycles. The third-order valence-corrected chi connectivity index (χ3v) is 3.50. The second kappa shape index (κ2) is 4.17. The van der Waals surface area contributed by atoms with Crippen LogP contribution in [0.3, 0.4) is 0 Å². The summed E-state index contributed by atoms with van der Waals surface area (Å²) in [5, 5.41) is 9.52. The van der Waals surface area contributed by atoms with Gasteiger partial charge >= 0.3 is 0 Å².